The van der Waals surface area contributed by atoms with Gasteiger partial charge in [-0.05, 0) is 92.0 Å². The fourth-order valence-corrected chi connectivity index (χ4v) is 5.43. The molecular weight excluding hydrogens is 368 g/mol. The molecule has 1 saturated carbocycles. The van der Waals surface area contributed by atoms with Crippen molar-refractivity contribution in [2.24, 2.45) is 11.8 Å². The Morgan fingerprint density at radius 1 is 0.929 bits per heavy atom. The lowest BCUT2D eigenvalue weighted by atomic mass is 9.84. The average Bonchev–Trinajstić information content (AvgIpc) is 2.93. The first-order valence-corrected chi connectivity index (χ1v) is 11.0. The summed E-state index contributed by atoms with van der Waals surface area (Å²) in [6, 6.07) is 15.0. The minimum absolute atomic E-state index is 0.0654. The van der Waals surface area contributed by atoms with Crippen LogP contribution in [-0.4, -0.2) is 21.7 Å². The zero-order valence-corrected chi connectivity index (χ0v) is 17.8. The average molecular weight is 401 g/mol. The highest BCUT2D eigenvalue weighted by atomic mass is 35.5. The lowest BCUT2D eigenvalue weighted by Gasteiger charge is -2.24. The van der Waals surface area contributed by atoms with Crippen molar-refractivity contribution in [3.8, 4) is 0 Å². The summed E-state index contributed by atoms with van der Waals surface area (Å²) in [7, 11) is 0. The van der Waals surface area contributed by atoms with E-state index in [1.165, 1.54) is 11.1 Å². The highest BCUT2D eigenvalue weighted by molar-refractivity contribution is 6.21. The van der Waals surface area contributed by atoms with E-state index in [0.29, 0.717) is 18.3 Å². The van der Waals surface area contributed by atoms with E-state index >= 15 is 0 Å². The molecule has 0 bridgehead atoms. The third kappa shape index (κ3) is 5.17. The minimum Gasteiger partial charge on any atom is -0.393 e. The molecule has 2 aromatic rings. The zero-order chi connectivity index (χ0) is 20.1. The van der Waals surface area contributed by atoms with Gasteiger partial charge in [0.1, 0.15) is 0 Å². The van der Waals surface area contributed by atoms with Crippen LogP contribution in [-0.2, 0) is 19.4 Å². The van der Waals surface area contributed by atoms with Crippen molar-refractivity contribution in [1.82, 2.24) is 0 Å². The second-order valence-electron chi connectivity index (χ2n) is 8.43. The van der Waals surface area contributed by atoms with E-state index in [1.54, 1.807) is 0 Å². The van der Waals surface area contributed by atoms with Crippen molar-refractivity contribution < 1.29 is 10.2 Å². The number of hydrogen-bond donors (Lipinski definition) is 2. The largest absolute Gasteiger partial charge is 0.393 e. The Labute approximate surface area is 174 Å². The number of aryl methyl sites for hydroxylation is 4. The molecule has 0 spiro atoms. The van der Waals surface area contributed by atoms with Crippen LogP contribution in [0.25, 0.3) is 0 Å². The van der Waals surface area contributed by atoms with E-state index in [1.807, 2.05) is 0 Å². The summed E-state index contributed by atoms with van der Waals surface area (Å²) in [6.07, 6.45) is 5.61. The van der Waals surface area contributed by atoms with Crippen molar-refractivity contribution in [3.63, 3.8) is 0 Å². The number of hydrogen-bond acceptors (Lipinski definition) is 2. The molecule has 0 aliphatic heterocycles. The highest BCUT2D eigenvalue weighted by Crippen LogP contribution is 2.41. The molecule has 0 aromatic heterocycles. The molecule has 4 atom stereocenters. The van der Waals surface area contributed by atoms with E-state index in [9.17, 15) is 10.2 Å². The van der Waals surface area contributed by atoms with Crippen LogP contribution in [0.15, 0.2) is 42.5 Å². The molecule has 0 radical (unpaired) electrons. The van der Waals surface area contributed by atoms with Crippen LogP contribution in [0.2, 0.25) is 0 Å². The predicted octanol–water partition coefficient (Wildman–Crippen LogP) is 5.36. The fourth-order valence-electron chi connectivity index (χ4n) is 4.93. The molecule has 1 aliphatic carbocycles. The maximum Gasteiger partial charge on any atom is 0.0686 e. The Hall–Kier alpha value is -1.35. The van der Waals surface area contributed by atoms with Crippen LogP contribution >= 0.6 is 11.6 Å². The predicted molar refractivity (Wildman–Crippen MR) is 117 cm³/mol. The quantitative estimate of drug-likeness (QED) is 0.586. The molecule has 1 aliphatic rings. The van der Waals surface area contributed by atoms with Gasteiger partial charge in [-0.25, -0.2) is 0 Å². The van der Waals surface area contributed by atoms with Gasteiger partial charge in [-0.15, -0.1) is 11.6 Å². The molecule has 3 heteroatoms. The second kappa shape index (κ2) is 9.91. The Morgan fingerprint density at radius 2 is 1.61 bits per heavy atom. The summed E-state index contributed by atoms with van der Waals surface area (Å²) in [5.74, 6) is 0.663. The SMILES string of the molecule is Cc1cc(CC[C@H]2C(Cl)CC(O)[C@@H]2CCCc2ccccc2)cc(C)c1CO. The van der Waals surface area contributed by atoms with Crippen LogP contribution in [0, 0.1) is 25.7 Å². The first kappa shape index (κ1) is 21.4. The van der Waals surface area contributed by atoms with E-state index < -0.39 is 0 Å². The van der Waals surface area contributed by atoms with E-state index in [4.69, 9.17) is 11.6 Å². The minimum atomic E-state index is -0.275. The molecule has 28 heavy (non-hydrogen) atoms. The van der Waals surface area contributed by atoms with Gasteiger partial charge in [-0.3, -0.25) is 0 Å². The first-order valence-electron chi connectivity index (χ1n) is 10.6. The second-order valence-corrected chi connectivity index (χ2v) is 8.99. The van der Waals surface area contributed by atoms with Crippen molar-refractivity contribution in [3.05, 3.63) is 70.3 Å². The van der Waals surface area contributed by atoms with Gasteiger partial charge in [0.15, 0.2) is 0 Å². The third-order valence-corrected chi connectivity index (χ3v) is 7.00. The fraction of sp³-hybridized carbons (Fsp3) is 0.520. The zero-order valence-electron chi connectivity index (χ0n) is 17.1. The molecule has 1 fully saturated rings. The standard InChI is InChI=1S/C25H33ClO2/c1-17-13-20(14-18(2)23(17)16-27)11-12-21-22(25(28)15-24(21)26)10-6-9-19-7-4-3-5-8-19/h3-5,7-8,13-14,21-22,24-25,27-28H,6,9-12,15-16H2,1-2H3/t21-,22-,24?,25?/m1/s1. The number of benzene rings is 2. The molecular formula is C25H33ClO2. The maximum atomic E-state index is 10.6. The maximum absolute atomic E-state index is 10.6. The van der Waals surface area contributed by atoms with Gasteiger partial charge in [0.25, 0.3) is 0 Å². The van der Waals surface area contributed by atoms with E-state index in [-0.39, 0.29) is 18.1 Å². The lowest BCUT2D eigenvalue weighted by molar-refractivity contribution is 0.108. The summed E-state index contributed by atoms with van der Waals surface area (Å²) in [5.41, 5.74) is 6.02. The number of aliphatic hydroxyl groups excluding tert-OH is 2. The Kier molecular flexibility index (Phi) is 7.56. The summed E-state index contributed by atoms with van der Waals surface area (Å²) in [5, 5.41) is 20.1. The number of rotatable bonds is 8. The van der Waals surface area contributed by atoms with Gasteiger partial charge in [-0.1, -0.05) is 42.5 Å². The van der Waals surface area contributed by atoms with Crippen LogP contribution < -0.4 is 0 Å². The Morgan fingerprint density at radius 3 is 2.25 bits per heavy atom. The van der Waals surface area contributed by atoms with Gasteiger partial charge < -0.3 is 10.2 Å². The topological polar surface area (TPSA) is 40.5 Å². The Balaban J connectivity index is 1.59. The van der Waals surface area contributed by atoms with Crippen LogP contribution in [0.1, 0.15) is 53.5 Å². The highest BCUT2D eigenvalue weighted by Gasteiger charge is 2.40. The van der Waals surface area contributed by atoms with Crippen LogP contribution in [0.4, 0.5) is 0 Å². The van der Waals surface area contributed by atoms with Crippen molar-refractivity contribution >= 4 is 11.6 Å². The number of halogens is 1. The van der Waals surface area contributed by atoms with Crippen molar-refractivity contribution in [2.75, 3.05) is 0 Å². The Bertz CT molecular complexity index is 735. The molecule has 2 nitrogen and oxygen atoms in total. The molecule has 152 valence electrons. The van der Waals surface area contributed by atoms with Gasteiger partial charge in [0.05, 0.1) is 12.7 Å². The molecule has 2 aromatic carbocycles. The summed E-state index contributed by atoms with van der Waals surface area (Å²) in [6.45, 7) is 4.23. The van der Waals surface area contributed by atoms with Crippen LogP contribution in [0.3, 0.4) is 0 Å². The van der Waals surface area contributed by atoms with E-state index in [0.717, 1.165) is 48.8 Å². The lowest BCUT2D eigenvalue weighted by Crippen LogP contribution is -2.21. The smallest absolute Gasteiger partial charge is 0.0686 e. The number of aliphatic hydroxyl groups is 2. The van der Waals surface area contributed by atoms with Gasteiger partial charge in [0, 0.05) is 5.38 Å². The van der Waals surface area contributed by atoms with Crippen LogP contribution in [0.5, 0.6) is 0 Å². The van der Waals surface area contributed by atoms with Crippen molar-refractivity contribution in [2.45, 2.75) is 70.5 Å². The third-order valence-electron chi connectivity index (χ3n) is 6.50. The van der Waals surface area contributed by atoms with Gasteiger partial charge >= 0.3 is 0 Å². The molecule has 0 heterocycles. The monoisotopic (exact) mass is 400 g/mol. The summed E-state index contributed by atoms with van der Waals surface area (Å²) < 4.78 is 0. The van der Waals surface area contributed by atoms with Crippen molar-refractivity contribution in [1.29, 1.82) is 0 Å². The molecule has 0 amide bonds. The number of alkyl halides is 1. The summed E-state index contributed by atoms with van der Waals surface area (Å²) >= 11 is 6.65. The molecule has 3 rings (SSSR count). The van der Waals surface area contributed by atoms with E-state index in [2.05, 4.69) is 56.3 Å². The normalized spacial score (nSPS) is 24.6. The van der Waals surface area contributed by atoms with Gasteiger partial charge in [-0.2, -0.15) is 0 Å². The molecule has 2 unspecified atom stereocenters. The first-order chi connectivity index (χ1) is 13.5. The molecule has 0 saturated heterocycles. The summed E-state index contributed by atoms with van der Waals surface area (Å²) in [4.78, 5) is 0. The molecule has 2 N–H and O–H groups in total. The van der Waals surface area contributed by atoms with Gasteiger partial charge in [0.2, 0.25) is 0 Å².